The summed E-state index contributed by atoms with van der Waals surface area (Å²) in [6.07, 6.45) is 0. The summed E-state index contributed by atoms with van der Waals surface area (Å²) in [5.74, 6) is 0.193. The molecule has 1 aliphatic heterocycles. The van der Waals surface area contributed by atoms with Gasteiger partial charge in [-0.05, 0) is 30.3 Å². The molecule has 1 heterocycles. The third-order valence-corrected chi connectivity index (χ3v) is 4.87. The first-order chi connectivity index (χ1) is 10.5. The molecular weight excluding hydrogens is 328 g/mol. The highest BCUT2D eigenvalue weighted by atomic mass is 35.5. The Morgan fingerprint density at radius 3 is 2.73 bits per heavy atom. The minimum Gasteiger partial charge on any atom is -0.482 e. The molecule has 114 valence electrons. The third kappa shape index (κ3) is 2.86. The molecule has 8 heteroatoms. The molecule has 0 aliphatic carbocycles. The second-order valence-electron chi connectivity index (χ2n) is 4.58. The van der Waals surface area contributed by atoms with Crippen LogP contribution in [0.15, 0.2) is 47.4 Å². The van der Waals surface area contributed by atoms with Crippen molar-refractivity contribution < 1.29 is 17.9 Å². The molecule has 0 saturated heterocycles. The van der Waals surface area contributed by atoms with Crippen LogP contribution in [0.4, 0.5) is 11.4 Å². The van der Waals surface area contributed by atoms with Crippen molar-refractivity contribution in [2.75, 3.05) is 16.6 Å². The smallest absolute Gasteiger partial charge is 0.263 e. The van der Waals surface area contributed by atoms with Crippen LogP contribution in [0.25, 0.3) is 0 Å². The van der Waals surface area contributed by atoms with Crippen LogP contribution < -0.4 is 14.8 Å². The maximum absolute atomic E-state index is 12.3. The van der Waals surface area contributed by atoms with Crippen molar-refractivity contribution in [3.05, 3.63) is 47.5 Å². The van der Waals surface area contributed by atoms with Crippen LogP contribution in [0.1, 0.15) is 0 Å². The highest BCUT2D eigenvalue weighted by molar-refractivity contribution is 7.92. The van der Waals surface area contributed by atoms with Crippen LogP contribution in [0.5, 0.6) is 5.75 Å². The number of carbonyl (C=O) groups excluding carboxylic acids is 1. The highest BCUT2D eigenvalue weighted by Crippen LogP contribution is 2.31. The van der Waals surface area contributed by atoms with Gasteiger partial charge < -0.3 is 10.1 Å². The van der Waals surface area contributed by atoms with Crippen LogP contribution in [0.3, 0.4) is 0 Å². The predicted octanol–water partition coefficient (Wildman–Crippen LogP) is 2.47. The Morgan fingerprint density at radius 2 is 1.95 bits per heavy atom. The molecule has 22 heavy (non-hydrogen) atoms. The zero-order valence-electron chi connectivity index (χ0n) is 11.2. The summed E-state index contributed by atoms with van der Waals surface area (Å²) in [4.78, 5) is 11.3. The number of rotatable bonds is 3. The Morgan fingerprint density at radius 1 is 1.18 bits per heavy atom. The molecule has 0 bridgehead atoms. The van der Waals surface area contributed by atoms with E-state index in [1.54, 1.807) is 24.3 Å². The van der Waals surface area contributed by atoms with Crippen LogP contribution in [0.2, 0.25) is 5.02 Å². The molecular formula is C14H11ClN2O4S. The number of fused-ring (bicyclic) bond motifs is 1. The molecule has 0 radical (unpaired) electrons. The summed E-state index contributed by atoms with van der Waals surface area (Å²) in [5.41, 5.74) is 0.708. The summed E-state index contributed by atoms with van der Waals surface area (Å²) >= 11 is 5.91. The minimum absolute atomic E-state index is 0.0188. The van der Waals surface area contributed by atoms with Crippen LogP contribution in [-0.4, -0.2) is 20.9 Å². The Bertz CT molecular complexity index is 852. The molecule has 0 spiro atoms. The van der Waals surface area contributed by atoms with E-state index in [2.05, 4.69) is 10.0 Å². The van der Waals surface area contributed by atoms with E-state index >= 15 is 0 Å². The van der Waals surface area contributed by atoms with Gasteiger partial charge in [0.1, 0.15) is 10.6 Å². The maximum atomic E-state index is 12.3. The Kier molecular flexibility index (Phi) is 3.67. The molecule has 0 atom stereocenters. The number of amides is 1. The lowest BCUT2D eigenvalue weighted by atomic mass is 10.2. The van der Waals surface area contributed by atoms with Gasteiger partial charge in [0, 0.05) is 0 Å². The number of sulfonamides is 1. The van der Waals surface area contributed by atoms with E-state index in [9.17, 15) is 13.2 Å². The number of carbonyl (C=O) groups is 1. The van der Waals surface area contributed by atoms with Crippen LogP contribution in [0, 0.1) is 0 Å². The summed E-state index contributed by atoms with van der Waals surface area (Å²) in [6.45, 7) is -0.0578. The van der Waals surface area contributed by atoms with E-state index in [-0.39, 0.29) is 22.4 Å². The predicted molar refractivity (Wildman–Crippen MR) is 82.8 cm³/mol. The third-order valence-electron chi connectivity index (χ3n) is 2.99. The average Bonchev–Trinajstić information content (AvgIpc) is 2.46. The SMILES string of the molecule is O=C1COc2ccc(NS(=O)(=O)c3ccccc3Cl)cc2N1. The quantitative estimate of drug-likeness (QED) is 0.900. The van der Waals surface area contributed by atoms with Gasteiger partial charge in [-0.3, -0.25) is 9.52 Å². The molecule has 3 rings (SSSR count). The van der Waals surface area contributed by atoms with Gasteiger partial charge in [-0.2, -0.15) is 0 Å². The first-order valence-corrected chi connectivity index (χ1v) is 8.16. The van der Waals surface area contributed by atoms with Crippen molar-refractivity contribution in [1.82, 2.24) is 0 Å². The van der Waals surface area contributed by atoms with Crippen molar-refractivity contribution in [3.63, 3.8) is 0 Å². The number of ether oxygens (including phenoxy) is 1. The van der Waals surface area contributed by atoms with Gasteiger partial charge in [-0.1, -0.05) is 23.7 Å². The highest BCUT2D eigenvalue weighted by Gasteiger charge is 2.20. The Labute approximate surface area is 132 Å². The van der Waals surface area contributed by atoms with Gasteiger partial charge in [0.25, 0.3) is 15.9 Å². The molecule has 1 amide bonds. The Balaban J connectivity index is 1.92. The van der Waals surface area contributed by atoms with Crippen molar-refractivity contribution >= 4 is 38.9 Å². The largest absolute Gasteiger partial charge is 0.482 e. The minimum atomic E-state index is -3.82. The van der Waals surface area contributed by atoms with Gasteiger partial charge in [0.05, 0.1) is 16.4 Å². The van der Waals surface area contributed by atoms with E-state index in [4.69, 9.17) is 16.3 Å². The lowest BCUT2D eigenvalue weighted by Crippen LogP contribution is -2.25. The fourth-order valence-corrected chi connectivity index (χ4v) is 3.59. The van der Waals surface area contributed by atoms with E-state index in [0.29, 0.717) is 17.1 Å². The van der Waals surface area contributed by atoms with Crippen LogP contribution in [-0.2, 0) is 14.8 Å². The first-order valence-electron chi connectivity index (χ1n) is 6.30. The first kappa shape index (κ1) is 14.7. The number of benzene rings is 2. The average molecular weight is 339 g/mol. The number of anilines is 2. The van der Waals surface area contributed by atoms with Crippen molar-refractivity contribution in [2.45, 2.75) is 4.90 Å². The van der Waals surface area contributed by atoms with E-state index in [1.165, 1.54) is 18.2 Å². The van der Waals surface area contributed by atoms with Crippen molar-refractivity contribution in [1.29, 1.82) is 0 Å². The van der Waals surface area contributed by atoms with Gasteiger partial charge in [-0.15, -0.1) is 0 Å². The summed E-state index contributed by atoms with van der Waals surface area (Å²) in [5, 5.41) is 2.74. The molecule has 2 aromatic carbocycles. The lowest BCUT2D eigenvalue weighted by Gasteiger charge is -2.19. The fourth-order valence-electron chi connectivity index (χ4n) is 2.02. The molecule has 0 unspecified atom stereocenters. The second-order valence-corrected chi connectivity index (χ2v) is 6.64. The molecule has 2 N–H and O–H groups in total. The zero-order chi connectivity index (χ0) is 15.7. The molecule has 0 saturated carbocycles. The second kappa shape index (κ2) is 5.51. The van der Waals surface area contributed by atoms with Gasteiger partial charge in [-0.25, -0.2) is 8.42 Å². The van der Waals surface area contributed by atoms with Gasteiger partial charge in [0.15, 0.2) is 6.61 Å². The van der Waals surface area contributed by atoms with Crippen molar-refractivity contribution in [3.8, 4) is 5.75 Å². The molecule has 0 fully saturated rings. The molecule has 1 aliphatic rings. The van der Waals surface area contributed by atoms with Gasteiger partial charge in [0.2, 0.25) is 0 Å². The maximum Gasteiger partial charge on any atom is 0.263 e. The van der Waals surface area contributed by atoms with E-state index in [1.807, 2.05) is 0 Å². The number of hydrogen-bond acceptors (Lipinski definition) is 4. The topological polar surface area (TPSA) is 84.5 Å². The number of halogens is 1. The lowest BCUT2D eigenvalue weighted by molar-refractivity contribution is -0.118. The number of nitrogens with one attached hydrogen (secondary N) is 2. The monoisotopic (exact) mass is 338 g/mol. The zero-order valence-corrected chi connectivity index (χ0v) is 12.7. The fraction of sp³-hybridized carbons (Fsp3) is 0.0714. The molecule has 6 nitrogen and oxygen atoms in total. The summed E-state index contributed by atoms with van der Waals surface area (Å²) < 4.78 is 32.3. The standard InChI is InChI=1S/C14H11ClN2O4S/c15-10-3-1-2-4-13(10)22(19,20)17-9-5-6-12-11(7-9)16-14(18)8-21-12/h1-7,17H,8H2,(H,16,18). The van der Waals surface area contributed by atoms with Crippen LogP contribution >= 0.6 is 11.6 Å². The summed E-state index contributed by atoms with van der Waals surface area (Å²) in [7, 11) is -3.82. The van der Waals surface area contributed by atoms with E-state index in [0.717, 1.165) is 0 Å². The molecule has 2 aromatic rings. The normalized spacial score (nSPS) is 13.8. The number of hydrogen-bond donors (Lipinski definition) is 2. The Hall–Kier alpha value is -2.25. The van der Waals surface area contributed by atoms with Crippen molar-refractivity contribution in [2.24, 2.45) is 0 Å². The molecule has 0 aromatic heterocycles. The summed E-state index contributed by atoms with van der Waals surface area (Å²) in [6, 6.07) is 10.8. The van der Waals surface area contributed by atoms with E-state index < -0.39 is 10.0 Å². The van der Waals surface area contributed by atoms with Gasteiger partial charge >= 0.3 is 0 Å².